The maximum atomic E-state index is 13.6. The van der Waals surface area contributed by atoms with E-state index in [1.807, 2.05) is 24.3 Å². The molecule has 0 atom stereocenters. The highest BCUT2D eigenvalue weighted by Crippen LogP contribution is 2.35. The number of ether oxygens (including phenoxy) is 2. The Morgan fingerprint density at radius 1 is 1.11 bits per heavy atom. The summed E-state index contributed by atoms with van der Waals surface area (Å²) in [5, 5.41) is 2.74. The van der Waals surface area contributed by atoms with Gasteiger partial charge in [-0.25, -0.2) is 4.39 Å². The fourth-order valence-electron chi connectivity index (χ4n) is 3.00. The lowest BCUT2D eigenvalue weighted by molar-refractivity contribution is -0.110. The fourth-order valence-corrected chi connectivity index (χ4v) is 3.00. The Morgan fingerprint density at radius 3 is 2.79 bits per heavy atom. The number of benzene rings is 2. The monoisotopic (exact) mass is 376 g/mol. The van der Waals surface area contributed by atoms with Gasteiger partial charge in [-0.2, -0.15) is 0 Å². The molecule has 0 bridgehead atoms. The molecule has 6 heteroatoms. The van der Waals surface area contributed by atoms with E-state index in [0.717, 1.165) is 11.3 Å². The second-order valence-electron chi connectivity index (χ2n) is 6.22. The molecule has 1 aliphatic heterocycles. The summed E-state index contributed by atoms with van der Waals surface area (Å²) in [6, 6.07) is 15.2. The van der Waals surface area contributed by atoms with Crippen LogP contribution in [0.5, 0.6) is 11.5 Å². The van der Waals surface area contributed by atoms with Crippen molar-refractivity contribution in [2.75, 3.05) is 12.4 Å². The third-order valence-electron chi connectivity index (χ3n) is 4.37. The van der Waals surface area contributed by atoms with Crippen LogP contribution in [0.25, 0.3) is 11.6 Å². The number of halogens is 1. The highest BCUT2D eigenvalue weighted by molar-refractivity contribution is 6.34. The molecule has 1 amide bonds. The zero-order valence-electron chi connectivity index (χ0n) is 15.1. The van der Waals surface area contributed by atoms with Gasteiger partial charge in [0.05, 0.1) is 12.8 Å². The summed E-state index contributed by atoms with van der Waals surface area (Å²) in [4.78, 5) is 16.5. The van der Waals surface area contributed by atoms with Gasteiger partial charge in [0.25, 0.3) is 5.91 Å². The van der Waals surface area contributed by atoms with Gasteiger partial charge >= 0.3 is 0 Å². The Bertz CT molecular complexity index is 1060. The largest absolute Gasteiger partial charge is 0.493 e. The van der Waals surface area contributed by atoms with E-state index in [9.17, 15) is 9.18 Å². The standard InChI is InChI=1S/C22H17FN2O3/c1-27-20-8-5-14(11-21(20)28-13-16-4-2-3-9-24-16)10-18-17-12-15(23)6-7-19(17)25-22(18)26/h2-12H,13H2,1H3,(H,25,26)/b18-10-. The molecule has 0 spiro atoms. The minimum absolute atomic E-state index is 0.271. The second-order valence-corrected chi connectivity index (χ2v) is 6.22. The third-order valence-corrected chi connectivity index (χ3v) is 4.37. The summed E-state index contributed by atoms with van der Waals surface area (Å²) in [6.45, 7) is 0.283. The Balaban J connectivity index is 1.65. The molecule has 1 aliphatic rings. The molecule has 0 saturated carbocycles. The second kappa shape index (κ2) is 7.52. The normalized spacial score (nSPS) is 13.9. The topological polar surface area (TPSA) is 60.5 Å². The number of carbonyl (C=O) groups is 1. The Kier molecular flexibility index (Phi) is 4.76. The molecule has 140 valence electrons. The molecule has 0 aliphatic carbocycles. The summed E-state index contributed by atoms with van der Waals surface area (Å²) in [5.74, 6) is 0.434. The minimum atomic E-state index is -0.393. The van der Waals surface area contributed by atoms with Gasteiger partial charge in [0, 0.05) is 23.0 Å². The van der Waals surface area contributed by atoms with Gasteiger partial charge in [0.15, 0.2) is 11.5 Å². The number of fused-ring (bicyclic) bond motifs is 1. The van der Waals surface area contributed by atoms with Gasteiger partial charge in [-0.05, 0) is 54.1 Å². The maximum absolute atomic E-state index is 13.6. The highest BCUT2D eigenvalue weighted by Gasteiger charge is 2.24. The third kappa shape index (κ3) is 3.57. The van der Waals surface area contributed by atoms with E-state index in [4.69, 9.17) is 9.47 Å². The lowest BCUT2D eigenvalue weighted by atomic mass is 10.0. The summed E-state index contributed by atoms with van der Waals surface area (Å²) in [6.07, 6.45) is 3.40. The number of amides is 1. The number of anilines is 1. The number of carbonyl (C=O) groups excluding carboxylic acids is 1. The molecule has 1 aromatic heterocycles. The van der Waals surface area contributed by atoms with Crippen LogP contribution in [0.4, 0.5) is 10.1 Å². The molecule has 3 aromatic rings. The van der Waals surface area contributed by atoms with Crippen molar-refractivity contribution < 1.29 is 18.7 Å². The van der Waals surface area contributed by atoms with Gasteiger partial charge in [-0.3, -0.25) is 9.78 Å². The summed E-state index contributed by atoms with van der Waals surface area (Å²) in [7, 11) is 1.56. The highest BCUT2D eigenvalue weighted by atomic mass is 19.1. The SMILES string of the molecule is COc1ccc(/C=C2\C(=O)Nc3ccc(F)cc32)cc1OCc1ccccn1. The van der Waals surface area contributed by atoms with Crippen LogP contribution in [-0.4, -0.2) is 18.0 Å². The van der Waals surface area contributed by atoms with Crippen LogP contribution in [0.3, 0.4) is 0 Å². The van der Waals surface area contributed by atoms with E-state index in [1.54, 1.807) is 37.6 Å². The zero-order valence-corrected chi connectivity index (χ0v) is 15.1. The van der Waals surface area contributed by atoms with Crippen LogP contribution < -0.4 is 14.8 Å². The molecule has 0 fully saturated rings. The van der Waals surface area contributed by atoms with Crippen LogP contribution in [0.1, 0.15) is 16.8 Å². The number of nitrogens with one attached hydrogen (secondary N) is 1. The van der Waals surface area contributed by atoms with Gasteiger partial charge < -0.3 is 14.8 Å². The molecule has 0 radical (unpaired) electrons. The van der Waals surface area contributed by atoms with E-state index < -0.39 is 5.82 Å². The summed E-state index contributed by atoms with van der Waals surface area (Å²) >= 11 is 0. The van der Waals surface area contributed by atoms with Crippen molar-refractivity contribution in [3.8, 4) is 11.5 Å². The Morgan fingerprint density at radius 2 is 2.00 bits per heavy atom. The molecule has 0 unspecified atom stereocenters. The van der Waals surface area contributed by atoms with E-state index in [-0.39, 0.29) is 12.5 Å². The first-order valence-corrected chi connectivity index (χ1v) is 8.68. The van der Waals surface area contributed by atoms with Crippen molar-refractivity contribution >= 4 is 23.2 Å². The molecule has 28 heavy (non-hydrogen) atoms. The quantitative estimate of drug-likeness (QED) is 0.675. The van der Waals surface area contributed by atoms with E-state index in [2.05, 4.69) is 10.3 Å². The molecule has 0 saturated heterocycles. The lowest BCUT2D eigenvalue weighted by Gasteiger charge is -2.11. The van der Waals surface area contributed by atoms with Crippen LogP contribution in [-0.2, 0) is 11.4 Å². The van der Waals surface area contributed by atoms with Crippen molar-refractivity contribution in [3.63, 3.8) is 0 Å². The molecular formula is C22H17FN2O3. The average Bonchev–Trinajstić information content (AvgIpc) is 3.02. The number of pyridine rings is 1. The number of hydrogen-bond donors (Lipinski definition) is 1. The van der Waals surface area contributed by atoms with Crippen molar-refractivity contribution in [2.45, 2.75) is 6.61 Å². The molecule has 4 rings (SSSR count). The smallest absolute Gasteiger partial charge is 0.256 e. The first-order valence-electron chi connectivity index (χ1n) is 8.68. The van der Waals surface area contributed by atoms with Gasteiger partial charge in [-0.1, -0.05) is 12.1 Å². The van der Waals surface area contributed by atoms with E-state index in [0.29, 0.717) is 28.3 Å². The number of hydrogen-bond acceptors (Lipinski definition) is 4. The summed E-state index contributed by atoms with van der Waals surface area (Å²) in [5.41, 5.74) is 3.05. The first kappa shape index (κ1) is 17.7. The first-order chi connectivity index (χ1) is 13.6. The van der Waals surface area contributed by atoms with Crippen molar-refractivity contribution in [3.05, 3.63) is 83.4 Å². The molecular weight excluding hydrogens is 359 g/mol. The van der Waals surface area contributed by atoms with Gasteiger partial charge in [0.2, 0.25) is 0 Å². The van der Waals surface area contributed by atoms with Crippen LogP contribution in [0, 0.1) is 5.82 Å². The Hall–Kier alpha value is -3.67. The van der Waals surface area contributed by atoms with Crippen LogP contribution in [0.2, 0.25) is 0 Å². The lowest BCUT2D eigenvalue weighted by Crippen LogP contribution is -2.03. The van der Waals surface area contributed by atoms with Crippen molar-refractivity contribution in [1.29, 1.82) is 0 Å². The molecule has 1 N–H and O–H groups in total. The Labute approximate surface area is 161 Å². The van der Waals surface area contributed by atoms with Crippen LogP contribution >= 0.6 is 0 Å². The number of rotatable bonds is 5. The van der Waals surface area contributed by atoms with E-state index in [1.165, 1.54) is 12.1 Å². The number of methoxy groups -OCH3 is 1. The van der Waals surface area contributed by atoms with Crippen molar-refractivity contribution in [1.82, 2.24) is 4.98 Å². The van der Waals surface area contributed by atoms with Gasteiger partial charge in [-0.15, -0.1) is 0 Å². The minimum Gasteiger partial charge on any atom is -0.493 e. The zero-order chi connectivity index (χ0) is 19.5. The predicted octanol–water partition coefficient (Wildman–Crippen LogP) is 4.30. The molecule has 2 heterocycles. The maximum Gasteiger partial charge on any atom is 0.256 e. The van der Waals surface area contributed by atoms with Crippen LogP contribution in [0.15, 0.2) is 60.8 Å². The predicted molar refractivity (Wildman–Crippen MR) is 104 cm³/mol. The summed E-state index contributed by atoms with van der Waals surface area (Å²) < 4.78 is 24.8. The fraction of sp³-hybridized carbons (Fsp3) is 0.0909. The number of aromatic nitrogens is 1. The molecule has 2 aromatic carbocycles. The average molecular weight is 376 g/mol. The van der Waals surface area contributed by atoms with E-state index >= 15 is 0 Å². The number of nitrogens with zero attached hydrogens (tertiary/aromatic N) is 1. The van der Waals surface area contributed by atoms with Gasteiger partial charge in [0.1, 0.15) is 12.4 Å². The van der Waals surface area contributed by atoms with Crippen molar-refractivity contribution in [2.24, 2.45) is 0 Å². The molecule has 5 nitrogen and oxygen atoms in total.